The molecule has 0 saturated heterocycles. The molecular formula is C15H12F2O2. The van der Waals surface area contributed by atoms with Crippen LogP contribution in [0.4, 0.5) is 8.78 Å². The molecule has 2 aromatic carbocycles. The summed E-state index contributed by atoms with van der Waals surface area (Å²) in [5.41, 5.74) is 0.908. The lowest BCUT2D eigenvalue weighted by molar-refractivity contribution is 0.0636. The van der Waals surface area contributed by atoms with Crippen molar-refractivity contribution in [3.63, 3.8) is 0 Å². The van der Waals surface area contributed by atoms with Crippen LogP contribution in [0.1, 0.15) is 29.8 Å². The number of ether oxygens (including phenoxy) is 1. The van der Waals surface area contributed by atoms with Crippen LogP contribution in [0.5, 0.6) is 5.75 Å². The molecule has 2 nitrogen and oxygen atoms in total. The zero-order chi connectivity index (χ0) is 13.4. The van der Waals surface area contributed by atoms with Gasteiger partial charge < -0.3 is 9.84 Å². The Bertz CT molecular complexity index is 613. The first kappa shape index (κ1) is 12.1. The molecular weight excluding hydrogens is 250 g/mol. The SMILES string of the molecule is O[C@@H]1CC(c2ccccc2F)Oc2cc(F)ccc21. The highest BCUT2D eigenvalue weighted by Gasteiger charge is 2.29. The van der Waals surface area contributed by atoms with Crippen LogP contribution < -0.4 is 4.74 Å². The van der Waals surface area contributed by atoms with E-state index in [-0.39, 0.29) is 18.0 Å². The first-order chi connectivity index (χ1) is 9.15. The largest absolute Gasteiger partial charge is 0.485 e. The molecule has 1 unspecified atom stereocenters. The molecule has 98 valence electrons. The van der Waals surface area contributed by atoms with Crippen LogP contribution in [-0.4, -0.2) is 5.11 Å². The Morgan fingerprint density at radius 2 is 1.84 bits per heavy atom. The van der Waals surface area contributed by atoms with Crippen LogP contribution in [0.25, 0.3) is 0 Å². The molecule has 0 aliphatic carbocycles. The molecule has 2 aromatic rings. The molecule has 3 rings (SSSR count). The minimum Gasteiger partial charge on any atom is -0.485 e. The lowest BCUT2D eigenvalue weighted by Gasteiger charge is -2.30. The van der Waals surface area contributed by atoms with Crippen molar-refractivity contribution < 1.29 is 18.6 Å². The minimum atomic E-state index is -0.783. The lowest BCUT2D eigenvalue weighted by Crippen LogP contribution is -2.20. The lowest BCUT2D eigenvalue weighted by atomic mass is 9.95. The van der Waals surface area contributed by atoms with Gasteiger partial charge in [-0.25, -0.2) is 8.78 Å². The maximum atomic E-state index is 13.7. The van der Waals surface area contributed by atoms with E-state index >= 15 is 0 Å². The van der Waals surface area contributed by atoms with Gasteiger partial charge in [-0.1, -0.05) is 18.2 Å². The van der Waals surface area contributed by atoms with Crippen molar-refractivity contribution in [2.75, 3.05) is 0 Å². The summed E-state index contributed by atoms with van der Waals surface area (Å²) in [6.07, 6.45) is -1.14. The maximum absolute atomic E-state index is 13.7. The Balaban J connectivity index is 1.99. The second-order valence-electron chi connectivity index (χ2n) is 4.56. The van der Waals surface area contributed by atoms with E-state index in [9.17, 15) is 13.9 Å². The molecule has 0 fully saturated rings. The maximum Gasteiger partial charge on any atom is 0.130 e. The van der Waals surface area contributed by atoms with Gasteiger partial charge in [0, 0.05) is 23.6 Å². The standard InChI is InChI=1S/C15H12F2O2/c16-9-5-6-11-13(18)8-15(19-14(11)7-9)10-3-1-2-4-12(10)17/h1-7,13,15,18H,8H2/t13-,15?/m1/s1. The van der Waals surface area contributed by atoms with Crippen molar-refractivity contribution in [3.8, 4) is 5.75 Å². The average molecular weight is 262 g/mol. The van der Waals surface area contributed by atoms with E-state index in [1.165, 1.54) is 24.3 Å². The van der Waals surface area contributed by atoms with Gasteiger partial charge in [0.1, 0.15) is 23.5 Å². The van der Waals surface area contributed by atoms with E-state index in [4.69, 9.17) is 4.74 Å². The zero-order valence-corrected chi connectivity index (χ0v) is 10.0. The van der Waals surface area contributed by atoms with Crippen LogP contribution in [-0.2, 0) is 0 Å². The van der Waals surface area contributed by atoms with Crippen molar-refractivity contribution in [1.29, 1.82) is 0 Å². The van der Waals surface area contributed by atoms with Crippen molar-refractivity contribution in [3.05, 3.63) is 65.2 Å². The third-order valence-electron chi connectivity index (χ3n) is 3.29. The first-order valence-corrected chi connectivity index (χ1v) is 6.04. The van der Waals surface area contributed by atoms with Crippen LogP contribution in [0.2, 0.25) is 0 Å². The summed E-state index contributed by atoms with van der Waals surface area (Å²) >= 11 is 0. The molecule has 0 amide bonds. The second-order valence-corrected chi connectivity index (χ2v) is 4.56. The molecule has 0 saturated carbocycles. The Kier molecular flexibility index (Phi) is 2.95. The Hall–Kier alpha value is -1.94. The average Bonchev–Trinajstić information content (AvgIpc) is 2.38. The predicted octanol–water partition coefficient (Wildman–Crippen LogP) is 3.52. The summed E-state index contributed by atoms with van der Waals surface area (Å²) in [4.78, 5) is 0. The summed E-state index contributed by atoms with van der Waals surface area (Å²) in [6.45, 7) is 0. The van der Waals surface area contributed by atoms with Gasteiger partial charge in [-0.3, -0.25) is 0 Å². The molecule has 0 spiro atoms. The third-order valence-corrected chi connectivity index (χ3v) is 3.29. The molecule has 0 radical (unpaired) electrons. The van der Waals surface area contributed by atoms with Crippen LogP contribution >= 0.6 is 0 Å². The number of hydrogen-bond donors (Lipinski definition) is 1. The van der Waals surface area contributed by atoms with E-state index in [1.54, 1.807) is 18.2 Å². The molecule has 2 atom stereocenters. The first-order valence-electron chi connectivity index (χ1n) is 6.04. The second kappa shape index (κ2) is 4.63. The minimum absolute atomic E-state index is 0.250. The number of fused-ring (bicyclic) bond motifs is 1. The van der Waals surface area contributed by atoms with E-state index < -0.39 is 18.0 Å². The Morgan fingerprint density at radius 1 is 1.05 bits per heavy atom. The smallest absolute Gasteiger partial charge is 0.130 e. The Labute approximate surface area is 109 Å². The van der Waals surface area contributed by atoms with E-state index in [0.29, 0.717) is 11.1 Å². The van der Waals surface area contributed by atoms with Gasteiger partial charge in [0.25, 0.3) is 0 Å². The van der Waals surface area contributed by atoms with Gasteiger partial charge >= 0.3 is 0 Å². The number of benzene rings is 2. The summed E-state index contributed by atoms with van der Waals surface area (Å²) in [5, 5.41) is 10.0. The normalized spacial score (nSPS) is 21.6. The summed E-state index contributed by atoms with van der Waals surface area (Å²) in [5.74, 6) is -0.563. The van der Waals surface area contributed by atoms with E-state index in [2.05, 4.69) is 0 Å². The highest BCUT2D eigenvalue weighted by molar-refractivity contribution is 5.39. The highest BCUT2D eigenvalue weighted by Crippen LogP contribution is 2.41. The fraction of sp³-hybridized carbons (Fsp3) is 0.200. The molecule has 19 heavy (non-hydrogen) atoms. The quantitative estimate of drug-likeness (QED) is 0.852. The van der Waals surface area contributed by atoms with Gasteiger partial charge in [0.15, 0.2) is 0 Å². The molecule has 4 heteroatoms. The van der Waals surface area contributed by atoms with Gasteiger partial charge in [0.2, 0.25) is 0 Å². The van der Waals surface area contributed by atoms with E-state index in [1.807, 2.05) is 0 Å². The van der Waals surface area contributed by atoms with E-state index in [0.717, 1.165) is 0 Å². The van der Waals surface area contributed by atoms with Gasteiger partial charge in [-0.2, -0.15) is 0 Å². The van der Waals surface area contributed by atoms with Crippen molar-refractivity contribution in [2.24, 2.45) is 0 Å². The number of hydrogen-bond acceptors (Lipinski definition) is 2. The number of aliphatic hydroxyl groups is 1. The number of halogens is 2. The van der Waals surface area contributed by atoms with Gasteiger partial charge in [-0.05, 0) is 18.2 Å². The summed E-state index contributed by atoms with van der Waals surface area (Å²) < 4.78 is 32.5. The Morgan fingerprint density at radius 3 is 2.63 bits per heavy atom. The molecule has 1 aliphatic rings. The molecule has 0 bridgehead atoms. The van der Waals surface area contributed by atoms with Crippen LogP contribution in [0.15, 0.2) is 42.5 Å². The fourth-order valence-electron chi connectivity index (χ4n) is 2.34. The van der Waals surface area contributed by atoms with Crippen LogP contribution in [0, 0.1) is 11.6 Å². The monoisotopic (exact) mass is 262 g/mol. The zero-order valence-electron chi connectivity index (χ0n) is 10.0. The van der Waals surface area contributed by atoms with Gasteiger partial charge in [0.05, 0.1) is 6.10 Å². The molecule has 1 N–H and O–H groups in total. The van der Waals surface area contributed by atoms with Gasteiger partial charge in [-0.15, -0.1) is 0 Å². The molecule has 0 aromatic heterocycles. The van der Waals surface area contributed by atoms with Crippen molar-refractivity contribution in [2.45, 2.75) is 18.6 Å². The summed E-state index contributed by atoms with van der Waals surface area (Å²) in [6, 6.07) is 10.2. The van der Waals surface area contributed by atoms with Crippen molar-refractivity contribution in [1.82, 2.24) is 0 Å². The predicted molar refractivity (Wildman–Crippen MR) is 65.7 cm³/mol. The third kappa shape index (κ3) is 2.19. The fourth-order valence-corrected chi connectivity index (χ4v) is 2.34. The molecule has 1 heterocycles. The topological polar surface area (TPSA) is 29.5 Å². The van der Waals surface area contributed by atoms with Crippen molar-refractivity contribution >= 4 is 0 Å². The number of aliphatic hydroxyl groups excluding tert-OH is 1. The highest BCUT2D eigenvalue weighted by atomic mass is 19.1. The summed E-state index contributed by atoms with van der Waals surface area (Å²) in [7, 11) is 0. The van der Waals surface area contributed by atoms with Crippen LogP contribution in [0.3, 0.4) is 0 Å². The molecule has 1 aliphatic heterocycles. The number of rotatable bonds is 1.